The zero-order chi connectivity index (χ0) is 18.2. The molecule has 2 nitrogen and oxygen atoms in total. The summed E-state index contributed by atoms with van der Waals surface area (Å²) in [5.41, 5.74) is 0.849. The van der Waals surface area contributed by atoms with Gasteiger partial charge in [-0.05, 0) is 49.2 Å². The van der Waals surface area contributed by atoms with Gasteiger partial charge in [-0.2, -0.15) is 0 Å². The third kappa shape index (κ3) is 6.18. The first-order valence-electron chi connectivity index (χ1n) is 8.01. The summed E-state index contributed by atoms with van der Waals surface area (Å²) in [4.78, 5) is 12.6. The standard InChI is InChI=1S/C19H18BrCl3O2/c20-9-3-1-2-4-10-25-18-8-5-13(11-17(18)23)19(24)15-7-6-14(21)12-16(15)22/h5-8,11-12H,1-4,9-10H2. The molecule has 0 aliphatic rings. The topological polar surface area (TPSA) is 26.3 Å². The summed E-state index contributed by atoms with van der Waals surface area (Å²) in [6.45, 7) is 0.609. The lowest BCUT2D eigenvalue weighted by atomic mass is 10.0. The van der Waals surface area contributed by atoms with E-state index < -0.39 is 0 Å². The van der Waals surface area contributed by atoms with Gasteiger partial charge in [-0.3, -0.25) is 4.79 Å². The van der Waals surface area contributed by atoms with Crippen molar-refractivity contribution in [2.75, 3.05) is 11.9 Å². The molecule has 2 rings (SSSR count). The van der Waals surface area contributed by atoms with Gasteiger partial charge in [0.1, 0.15) is 5.75 Å². The molecule has 0 aromatic heterocycles. The van der Waals surface area contributed by atoms with Crippen LogP contribution in [-0.2, 0) is 0 Å². The second-order valence-electron chi connectivity index (χ2n) is 5.55. The van der Waals surface area contributed by atoms with E-state index in [0.29, 0.717) is 38.6 Å². The fourth-order valence-electron chi connectivity index (χ4n) is 2.32. The van der Waals surface area contributed by atoms with Crippen LogP contribution in [0.3, 0.4) is 0 Å². The average Bonchev–Trinajstić information content (AvgIpc) is 2.58. The Morgan fingerprint density at radius 2 is 1.68 bits per heavy atom. The summed E-state index contributed by atoms with van der Waals surface area (Å²) in [6, 6.07) is 9.81. The fraction of sp³-hybridized carbons (Fsp3) is 0.316. The van der Waals surface area contributed by atoms with Crippen LogP contribution in [-0.4, -0.2) is 17.7 Å². The molecule has 2 aromatic rings. The van der Waals surface area contributed by atoms with E-state index >= 15 is 0 Å². The summed E-state index contributed by atoms with van der Waals surface area (Å²) in [6.07, 6.45) is 4.45. The first-order chi connectivity index (χ1) is 12.0. The molecule has 0 aliphatic carbocycles. The van der Waals surface area contributed by atoms with E-state index in [0.717, 1.165) is 18.2 Å². The molecule has 0 saturated carbocycles. The molecule has 2 aromatic carbocycles. The van der Waals surface area contributed by atoms with Crippen LogP contribution in [0.5, 0.6) is 5.75 Å². The van der Waals surface area contributed by atoms with Gasteiger partial charge >= 0.3 is 0 Å². The number of ether oxygens (including phenoxy) is 1. The van der Waals surface area contributed by atoms with Gasteiger partial charge in [0.2, 0.25) is 0 Å². The van der Waals surface area contributed by atoms with Crippen molar-refractivity contribution in [3.8, 4) is 5.75 Å². The predicted molar refractivity (Wildman–Crippen MR) is 109 cm³/mol. The monoisotopic (exact) mass is 462 g/mol. The molecular weight excluding hydrogens is 446 g/mol. The fourth-order valence-corrected chi connectivity index (χ4v) is 3.45. The normalized spacial score (nSPS) is 10.7. The minimum Gasteiger partial charge on any atom is -0.492 e. The van der Waals surface area contributed by atoms with E-state index in [2.05, 4.69) is 15.9 Å². The van der Waals surface area contributed by atoms with Crippen molar-refractivity contribution in [2.45, 2.75) is 25.7 Å². The zero-order valence-electron chi connectivity index (χ0n) is 13.5. The lowest BCUT2D eigenvalue weighted by Gasteiger charge is -2.10. The highest BCUT2D eigenvalue weighted by Crippen LogP contribution is 2.29. The van der Waals surface area contributed by atoms with Crippen LogP contribution in [0.25, 0.3) is 0 Å². The number of carbonyl (C=O) groups is 1. The molecule has 0 saturated heterocycles. The maximum atomic E-state index is 12.6. The first kappa shape index (κ1) is 20.6. The number of hydrogen-bond acceptors (Lipinski definition) is 2. The number of unbranched alkanes of at least 4 members (excludes halogenated alkanes) is 3. The SMILES string of the molecule is O=C(c1ccc(OCCCCCCBr)c(Cl)c1)c1ccc(Cl)cc1Cl. The Morgan fingerprint density at radius 1 is 0.920 bits per heavy atom. The van der Waals surface area contributed by atoms with Gasteiger partial charge < -0.3 is 4.74 Å². The van der Waals surface area contributed by atoms with Crippen LogP contribution in [0.4, 0.5) is 0 Å². The maximum absolute atomic E-state index is 12.6. The Labute approximate surface area is 171 Å². The highest BCUT2D eigenvalue weighted by atomic mass is 79.9. The van der Waals surface area contributed by atoms with Gasteiger partial charge in [0, 0.05) is 21.5 Å². The number of carbonyl (C=O) groups excluding carboxylic acids is 1. The molecule has 0 aliphatic heterocycles. The number of benzene rings is 2. The van der Waals surface area contributed by atoms with Gasteiger partial charge in [-0.25, -0.2) is 0 Å². The first-order valence-corrected chi connectivity index (χ1v) is 10.3. The van der Waals surface area contributed by atoms with E-state index in [1.54, 1.807) is 36.4 Å². The van der Waals surface area contributed by atoms with E-state index in [1.807, 2.05) is 0 Å². The Kier molecular flexibility index (Phi) is 8.57. The average molecular weight is 465 g/mol. The van der Waals surface area contributed by atoms with E-state index in [-0.39, 0.29) is 5.78 Å². The van der Waals surface area contributed by atoms with Crippen LogP contribution in [0, 0.1) is 0 Å². The highest BCUT2D eigenvalue weighted by molar-refractivity contribution is 9.09. The molecule has 0 heterocycles. The Balaban J connectivity index is 2.00. The molecule has 134 valence electrons. The van der Waals surface area contributed by atoms with Crippen molar-refractivity contribution in [3.05, 3.63) is 62.6 Å². The molecule has 0 N–H and O–H groups in total. The van der Waals surface area contributed by atoms with Gasteiger partial charge in [0.05, 0.1) is 16.7 Å². The molecule has 0 unspecified atom stereocenters. The van der Waals surface area contributed by atoms with Gasteiger partial charge in [-0.1, -0.05) is 63.6 Å². The minimum atomic E-state index is -0.204. The number of ketones is 1. The van der Waals surface area contributed by atoms with Crippen LogP contribution in [0.2, 0.25) is 15.1 Å². The molecule has 0 radical (unpaired) electrons. The molecule has 0 bridgehead atoms. The van der Waals surface area contributed by atoms with Crippen molar-refractivity contribution in [1.82, 2.24) is 0 Å². The molecule has 6 heteroatoms. The maximum Gasteiger partial charge on any atom is 0.194 e. The third-order valence-electron chi connectivity index (χ3n) is 3.66. The quantitative estimate of drug-likeness (QED) is 0.223. The van der Waals surface area contributed by atoms with E-state index in [4.69, 9.17) is 39.5 Å². The second-order valence-corrected chi connectivity index (χ2v) is 7.59. The lowest BCUT2D eigenvalue weighted by molar-refractivity contribution is 0.103. The summed E-state index contributed by atoms with van der Waals surface area (Å²) < 4.78 is 5.70. The summed E-state index contributed by atoms with van der Waals surface area (Å²) >= 11 is 21.6. The van der Waals surface area contributed by atoms with Crippen LogP contribution in [0.15, 0.2) is 36.4 Å². The minimum absolute atomic E-state index is 0.204. The van der Waals surface area contributed by atoms with Crippen LogP contribution < -0.4 is 4.74 Å². The molecule has 0 amide bonds. The van der Waals surface area contributed by atoms with Gasteiger partial charge in [-0.15, -0.1) is 0 Å². The summed E-state index contributed by atoms with van der Waals surface area (Å²) in [5, 5.41) is 2.25. The summed E-state index contributed by atoms with van der Waals surface area (Å²) in [5.74, 6) is 0.380. The predicted octanol–water partition coefficient (Wildman–Crippen LogP) is 7.21. The summed E-state index contributed by atoms with van der Waals surface area (Å²) in [7, 11) is 0. The molecule has 25 heavy (non-hydrogen) atoms. The smallest absolute Gasteiger partial charge is 0.194 e. The molecule has 0 atom stereocenters. The number of rotatable bonds is 9. The number of halogens is 4. The van der Waals surface area contributed by atoms with Crippen molar-refractivity contribution >= 4 is 56.5 Å². The molecular formula is C19H18BrCl3O2. The number of hydrogen-bond donors (Lipinski definition) is 0. The highest BCUT2D eigenvalue weighted by Gasteiger charge is 2.15. The van der Waals surface area contributed by atoms with Gasteiger partial charge in [0.25, 0.3) is 0 Å². The zero-order valence-corrected chi connectivity index (χ0v) is 17.4. The molecule has 0 spiro atoms. The van der Waals surface area contributed by atoms with Crippen LogP contribution >= 0.6 is 50.7 Å². The van der Waals surface area contributed by atoms with Crippen molar-refractivity contribution in [2.24, 2.45) is 0 Å². The Morgan fingerprint density at radius 3 is 2.36 bits per heavy atom. The van der Waals surface area contributed by atoms with Crippen molar-refractivity contribution < 1.29 is 9.53 Å². The lowest BCUT2D eigenvalue weighted by Crippen LogP contribution is -2.03. The largest absolute Gasteiger partial charge is 0.492 e. The second kappa shape index (κ2) is 10.4. The Bertz CT molecular complexity index is 735. The molecule has 0 fully saturated rings. The van der Waals surface area contributed by atoms with E-state index in [1.165, 1.54) is 12.8 Å². The Hall–Kier alpha value is -0.740. The van der Waals surface area contributed by atoms with Crippen molar-refractivity contribution in [3.63, 3.8) is 0 Å². The van der Waals surface area contributed by atoms with Crippen molar-refractivity contribution in [1.29, 1.82) is 0 Å². The number of alkyl halides is 1. The third-order valence-corrected chi connectivity index (χ3v) is 5.06. The van der Waals surface area contributed by atoms with Crippen LogP contribution in [0.1, 0.15) is 41.6 Å². The van der Waals surface area contributed by atoms with E-state index in [9.17, 15) is 4.79 Å². The van der Waals surface area contributed by atoms with Gasteiger partial charge in [0.15, 0.2) is 5.78 Å².